The van der Waals surface area contributed by atoms with Crippen molar-refractivity contribution in [3.05, 3.63) is 48.7 Å². The third-order valence-corrected chi connectivity index (χ3v) is 4.85. The Hall–Kier alpha value is -2.80. The van der Waals surface area contributed by atoms with Crippen molar-refractivity contribution in [1.82, 2.24) is 19.5 Å². The molecule has 0 unspecified atom stereocenters. The predicted octanol–water partition coefficient (Wildman–Crippen LogP) is 3.52. The number of imidazole rings is 1. The molecule has 0 spiro atoms. The fourth-order valence-electron chi connectivity index (χ4n) is 3.28. The van der Waals surface area contributed by atoms with Crippen LogP contribution in [0.25, 0.3) is 22.6 Å². The molecule has 0 bridgehead atoms. The highest BCUT2D eigenvalue weighted by Crippen LogP contribution is 2.30. The van der Waals surface area contributed by atoms with Gasteiger partial charge in [0, 0.05) is 51.0 Å². The van der Waals surface area contributed by atoms with E-state index in [9.17, 15) is 4.39 Å². The lowest BCUT2D eigenvalue weighted by molar-refractivity contribution is 0.0699. The number of halogens is 1. The van der Waals surface area contributed by atoms with Gasteiger partial charge in [0.05, 0.1) is 0 Å². The van der Waals surface area contributed by atoms with Crippen molar-refractivity contribution in [2.75, 3.05) is 25.1 Å². The van der Waals surface area contributed by atoms with Crippen LogP contribution in [0.4, 0.5) is 10.3 Å². The van der Waals surface area contributed by atoms with E-state index in [1.54, 1.807) is 18.5 Å². The molecule has 6 nitrogen and oxygen atoms in total. The first kappa shape index (κ1) is 17.6. The topological polar surface area (TPSA) is 64.9 Å². The lowest BCUT2D eigenvalue weighted by Gasteiger charge is -2.22. The standard InChI is InChI=1S/C20H22FN5O/c1-26-8-7-22-19(26)18-17(15-3-2-4-16(21)11-15)13-24-20(25-18)23-12-14-5-9-27-10-6-14/h2-4,7-8,11,13-14H,5-6,9-10,12H2,1H3,(H,23,24,25). The number of anilines is 1. The number of rotatable bonds is 5. The lowest BCUT2D eigenvalue weighted by atomic mass is 10.0. The van der Waals surface area contributed by atoms with Crippen molar-refractivity contribution in [3.8, 4) is 22.6 Å². The first-order valence-corrected chi connectivity index (χ1v) is 9.13. The molecule has 1 aliphatic rings. The first-order chi connectivity index (χ1) is 13.2. The van der Waals surface area contributed by atoms with Gasteiger partial charge in [-0.25, -0.2) is 19.3 Å². The van der Waals surface area contributed by atoms with Crippen molar-refractivity contribution in [2.24, 2.45) is 13.0 Å². The number of aromatic nitrogens is 4. The summed E-state index contributed by atoms with van der Waals surface area (Å²) in [4.78, 5) is 13.6. The summed E-state index contributed by atoms with van der Waals surface area (Å²) in [7, 11) is 1.91. The highest BCUT2D eigenvalue weighted by Gasteiger charge is 2.17. The highest BCUT2D eigenvalue weighted by atomic mass is 19.1. The molecule has 3 heterocycles. The van der Waals surface area contributed by atoms with Crippen molar-refractivity contribution in [3.63, 3.8) is 0 Å². The molecule has 140 valence electrons. The van der Waals surface area contributed by atoms with Crippen LogP contribution in [0.15, 0.2) is 42.9 Å². The molecule has 2 aromatic heterocycles. The Bertz CT molecular complexity index is 920. The van der Waals surface area contributed by atoms with E-state index >= 15 is 0 Å². The second-order valence-electron chi connectivity index (χ2n) is 6.76. The van der Waals surface area contributed by atoms with Crippen LogP contribution in [0, 0.1) is 11.7 Å². The fraction of sp³-hybridized carbons (Fsp3) is 0.350. The molecule has 1 aromatic carbocycles. The Kier molecular flexibility index (Phi) is 5.11. The van der Waals surface area contributed by atoms with Gasteiger partial charge in [0.1, 0.15) is 11.5 Å². The first-order valence-electron chi connectivity index (χ1n) is 9.13. The summed E-state index contributed by atoms with van der Waals surface area (Å²) in [5.74, 6) is 1.53. The molecular weight excluding hydrogens is 345 g/mol. The summed E-state index contributed by atoms with van der Waals surface area (Å²) in [6, 6.07) is 6.45. The smallest absolute Gasteiger partial charge is 0.223 e. The second kappa shape index (κ2) is 7.84. The summed E-state index contributed by atoms with van der Waals surface area (Å²) in [6.07, 6.45) is 7.41. The van der Waals surface area contributed by atoms with E-state index in [1.807, 2.05) is 23.9 Å². The van der Waals surface area contributed by atoms with Crippen LogP contribution < -0.4 is 5.32 Å². The lowest BCUT2D eigenvalue weighted by Crippen LogP contribution is -2.23. The van der Waals surface area contributed by atoms with Gasteiger partial charge in [-0.3, -0.25) is 0 Å². The molecular formula is C20H22FN5O. The molecule has 4 rings (SSSR count). The highest BCUT2D eigenvalue weighted by molar-refractivity contribution is 5.78. The molecule has 0 radical (unpaired) electrons. The summed E-state index contributed by atoms with van der Waals surface area (Å²) in [5.41, 5.74) is 2.15. The Morgan fingerprint density at radius 2 is 2.11 bits per heavy atom. The van der Waals surface area contributed by atoms with Gasteiger partial charge in [0.25, 0.3) is 0 Å². The van der Waals surface area contributed by atoms with E-state index in [4.69, 9.17) is 9.72 Å². The molecule has 1 fully saturated rings. The molecule has 3 aromatic rings. The second-order valence-corrected chi connectivity index (χ2v) is 6.76. The van der Waals surface area contributed by atoms with Crippen molar-refractivity contribution in [2.45, 2.75) is 12.8 Å². The minimum Gasteiger partial charge on any atom is -0.381 e. The van der Waals surface area contributed by atoms with Gasteiger partial charge in [-0.05, 0) is 36.5 Å². The number of hydrogen-bond acceptors (Lipinski definition) is 5. The zero-order chi connectivity index (χ0) is 18.6. The van der Waals surface area contributed by atoms with E-state index in [0.717, 1.165) is 43.7 Å². The van der Waals surface area contributed by atoms with E-state index in [-0.39, 0.29) is 5.82 Å². The third kappa shape index (κ3) is 3.98. The molecule has 0 atom stereocenters. The maximum atomic E-state index is 13.7. The van der Waals surface area contributed by atoms with Gasteiger partial charge >= 0.3 is 0 Å². The van der Waals surface area contributed by atoms with Crippen LogP contribution in [0.5, 0.6) is 0 Å². The quantitative estimate of drug-likeness (QED) is 0.747. The third-order valence-electron chi connectivity index (χ3n) is 4.85. The number of hydrogen-bond donors (Lipinski definition) is 1. The predicted molar refractivity (Wildman–Crippen MR) is 102 cm³/mol. The van der Waals surface area contributed by atoms with E-state index in [0.29, 0.717) is 23.4 Å². The maximum absolute atomic E-state index is 13.7. The zero-order valence-electron chi connectivity index (χ0n) is 15.2. The number of nitrogens with zero attached hydrogens (tertiary/aromatic N) is 4. The van der Waals surface area contributed by atoms with Crippen LogP contribution in [0.1, 0.15) is 12.8 Å². The summed E-state index contributed by atoms with van der Waals surface area (Å²) < 4.78 is 21.0. The number of benzene rings is 1. The minimum atomic E-state index is -0.292. The van der Waals surface area contributed by atoms with E-state index in [2.05, 4.69) is 15.3 Å². The van der Waals surface area contributed by atoms with Gasteiger partial charge in [0.15, 0.2) is 5.82 Å². The number of nitrogens with one attached hydrogen (secondary N) is 1. The summed E-state index contributed by atoms with van der Waals surface area (Å²) in [5, 5.41) is 3.34. The van der Waals surface area contributed by atoms with Gasteiger partial charge in [-0.2, -0.15) is 0 Å². The van der Waals surface area contributed by atoms with Crippen molar-refractivity contribution in [1.29, 1.82) is 0 Å². The van der Waals surface area contributed by atoms with Crippen LogP contribution in [-0.2, 0) is 11.8 Å². The Labute approximate surface area is 157 Å². The van der Waals surface area contributed by atoms with Gasteiger partial charge in [0.2, 0.25) is 5.95 Å². The largest absolute Gasteiger partial charge is 0.381 e. The molecule has 27 heavy (non-hydrogen) atoms. The molecule has 1 N–H and O–H groups in total. The average Bonchev–Trinajstić information content (AvgIpc) is 3.13. The molecule has 0 aliphatic carbocycles. The molecule has 1 aliphatic heterocycles. The number of aryl methyl sites for hydroxylation is 1. The van der Waals surface area contributed by atoms with Gasteiger partial charge in [-0.15, -0.1) is 0 Å². The maximum Gasteiger partial charge on any atom is 0.223 e. The van der Waals surface area contributed by atoms with Crippen LogP contribution in [-0.4, -0.2) is 39.3 Å². The number of ether oxygens (including phenoxy) is 1. The summed E-state index contributed by atoms with van der Waals surface area (Å²) >= 11 is 0. The van der Waals surface area contributed by atoms with Crippen LogP contribution >= 0.6 is 0 Å². The van der Waals surface area contributed by atoms with Gasteiger partial charge < -0.3 is 14.6 Å². The van der Waals surface area contributed by atoms with Crippen LogP contribution in [0.3, 0.4) is 0 Å². The van der Waals surface area contributed by atoms with Crippen molar-refractivity contribution >= 4 is 5.95 Å². The zero-order valence-corrected chi connectivity index (χ0v) is 15.2. The normalized spacial score (nSPS) is 15.0. The summed E-state index contributed by atoms with van der Waals surface area (Å²) in [6.45, 7) is 2.43. The SMILES string of the molecule is Cn1ccnc1-c1nc(NCC2CCOCC2)ncc1-c1cccc(F)c1. The van der Waals surface area contributed by atoms with E-state index in [1.165, 1.54) is 12.1 Å². The Balaban J connectivity index is 1.66. The van der Waals surface area contributed by atoms with Crippen molar-refractivity contribution < 1.29 is 9.13 Å². The average molecular weight is 367 g/mol. The Morgan fingerprint density at radius 3 is 2.85 bits per heavy atom. The molecule has 7 heteroatoms. The van der Waals surface area contributed by atoms with E-state index < -0.39 is 0 Å². The molecule has 1 saturated heterocycles. The van der Waals surface area contributed by atoms with Crippen LogP contribution in [0.2, 0.25) is 0 Å². The van der Waals surface area contributed by atoms with Gasteiger partial charge in [-0.1, -0.05) is 12.1 Å². The Morgan fingerprint density at radius 1 is 1.26 bits per heavy atom. The fourth-order valence-corrected chi connectivity index (χ4v) is 3.28. The monoisotopic (exact) mass is 367 g/mol. The molecule has 0 saturated carbocycles. The minimum absolute atomic E-state index is 0.292. The molecule has 0 amide bonds.